The van der Waals surface area contributed by atoms with Crippen molar-refractivity contribution in [2.75, 3.05) is 19.8 Å². The van der Waals surface area contributed by atoms with E-state index in [-0.39, 0.29) is 49.9 Å². The molecular weight excluding hydrogens is 432 g/mol. The quantitative estimate of drug-likeness (QED) is 0.208. The molecule has 0 unspecified atom stereocenters. The number of hydrogen-bond donors (Lipinski definition) is 3. The number of aliphatic hydroxyl groups excluding tert-OH is 1. The van der Waals surface area contributed by atoms with Crippen LogP contribution >= 0.6 is 0 Å². The molecule has 2 amide bonds. The Kier molecular flexibility index (Phi) is 11.5. The van der Waals surface area contributed by atoms with Crippen molar-refractivity contribution in [1.29, 1.82) is 0 Å². The number of allylic oxidation sites excluding steroid dienone is 2. The SMILES string of the molecule is C=CC[C@@H](CC(=O)NC1(CO)CCCC1)C(=O)NCCOC(=O)[C@@H](CC=C)Cc1ccccc1. The van der Waals surface area contributed by atoms with Crippen molar-refractivity contribution in [3.05, 3.63) is 61.2 Å². The molecule has 2 atom stereocenters. The van der Waals surface area contributed by atoms with Crippen LogP contribution in [-0.4, -0.2) is 48.2 Å². The van der Waals surface area contributed by atoms with Gasteiger partial charge in [0.2, 0.25) is 11.8 Å². The van der Waals surface area contributed by atoms with Crippen LogP contribution in [0.4, 0.5) is 0 Å². The summed E-state index contributed by atoms with van der Waals surface area (Å²) in [5.74, 6) is -1.77. The van der Waals surface area contributed by atoms with Crippen LogP contribution in [0, 0.1) is 11.8 Å². The van der Waals surface area contributed by atoms with Gasteiger partial charge in [0, 0.05) is 6.42 Å². The topological polar surface area (TPSA) is 105 Å². The molecule has 1 saturated carbocycles. The normalized spacial score (nSPS) is 16.1. The van der Waals surface area contributed by atoms with E-state index in [1.165, 1.54) is 0 Å². The van der Waals surface area contributed by atoms with Gasteiger partial charge in [0.25, 0.3) is 0 Å². The van der Waals surface area contributed by atoms with Gasteiger partial charge in [-0.15, -0.1) is 13.2 Å². The fraction of sp³-hybridized carbons (Fsp3) is 0.519. The second kappa shape index (κ2) is 14.4. The van der Waals surface area contributed by atoms with Gasteiger partial charge in [-0.05, 0) is 37.7 Å². The minimum atomic E-state index is -0.572. The molecule has 1 aliphatic rings. The molecule has 34 heavy (non-hydrogen) atoms. The maximum atomic E-state index is 12.6. The van der Waals surface area contributed by atoms with Crippen molar-refractivity contribution in [1.82, 2.24) is 10.6 Å². The standard InChI is InChI=1S/C27H38N2O5/c1-3-10-22(19-24(31)29-27(20-30)14-8-9-15-27)25(32)28-16-17-34-26(33)23(11-4-2)18-21-12-6-5-7-13-21/h3-7,12-13,22-23,30H,1-2,8-11,14-20H2,(H,28,32)(H,29,31)/t22-,23-/m0/s1. The highest BCUT2D eigenvalue weighted by Crippen LogP contribution is 2.29. The molecule has 0 saturated heterocycles. The summed E-state index contributed by atoms with van der Waals surface area (Å²) in [6.07, 6.45) is 8.17. The highest BCUT2D eigenvalue weighted by Gasteiger charge is 2.35. The molecule has 0 aliphatic heterocycles. The van der Waals surface area contributed by atoms with Gasteiger partial charge in [-0.2, -0.15) is 0 Å². The van der Waals surface area contributed by atoms with E-state index >= 15 is 0 Å². The van der Waals surface area contributed by atoms with Crippen LogP contribution in [-0.2, 0) is 25.5 Å². The molecule has 2 rings (SSSR count). The summed E-state index contributed by atoms with van der Waals surface area (Å²) < 4.78 is 5.39. The van der Waals surface area contributed by atoms with Gasteiger partial charge in [0.15, 0.2) is 0 Å². The first-order valence-corrected chi connectivity index (χ1v) is 12.0. The number of esters is 1. The Balaban J connectivity index is 1.79. The van der Waals surface area contributed by atoms with Crippen molar-refractivity contribution in [2.24, 2.45) is 11.8 Å². The number of hydrogen-bond acceptors (Lipinski definition) is 5. The van der Waals surface area contributed by atoms with E-state index in [0.29, 0.717) is 19.3 Å². The van der Waals surface area contributed by atoms with Gasteiger partial charge in [-0.25, -0.2) is 0 Å². The molecule has 0 radical (unpaired) electrons. The van der Waals surface area contributed by atoms with Crippen LogP contribution in [0.3, 0.4) is 0 Å². The van der Waals surface area contributed by atoms with Gasteiger partial charge < -0.3 is 20.5 Å². The van der Waals surface area contributed by atoms with Crippen molar-refractivity contribution < 1.29 is 24.2 Å². The minimum Gasteiger partial charge on any atom is -0.464 e. The average Bonchev–Trinajstić information content (AvgIpc) is 3.30. The van der Waals surface area contributed by atoms with E-state index in [9.17, 15) is 19.5 Å². The van der Waals surface area contributed by atoms with Gasteiger partial charge in [0.1, 0.15) is 6.61 Å². The number of carbonyl (C=O) groups is 3. The van der Waals surface area contributed by atoms with Crippen LogP contribution in [0.5, 0.6) is 0 Å². The van der Waals surface area contributed by atoms with Crippen molar-refractivity contribution in [2.45, 2.75) is 56.9 Å². The Morgan fingerprint density at radius 2 is 1.71 bits per heavy atom. The number of ether oxygens (including phenoxy) is 1. The fourth-order valence-corrected chi connectivity index (χ4v) is 4.38. The summed E-state index contributed by atoms with van der Waals surface area (Å²) in [4.78, 5) is 37.7. The smallest absolute Gasteiger partial charge is 0.309 e. The molecule has 1 aromatic carbocycles. The monoisotopic (exact) mass is 470 g/mol. The van der Waals surface area contributed by atoms with E-state index in [2.05, 4.69) is 23.8 Å². The predicted molar refractivity (Wildman–Crippen MR) is 132 cm³/mol. The number of benzene rings is 1. The zero-order valence-electron chi connectivity index (χ0n) is 20.0. The third-order valence-corrected chi connectivity index (χ3v) is 6.28. The van der Waals surface area contributed by atoms with Crippen molar-refractivity contribution >= 4 is 17.8 Å². The lowest BCUT2D eigenvalue weighted by Gasteiger charge is -2.28. The van der Waals surface area contributed by atoms with Crippen molar-refractivity contribution in [3.8, 4) is 0 Å². The molecule has 1 aliphatic carbocycles. The van der Waals surface area contributed by atoms with Crippen LogP contribution < -0.4 is 10.6 Å². The van der Waals surface area contributed by atoms with Crippen LogP contribution in [0.2, 0.25) is 0 Å². The summed E-state index contributed by atoms with van der Waals surface area (Å²) in [5.41, 5.74) is 0.480. The highest BCUT2D eigenvalue weighted by atomic mass is 16.5. The zero-order valence-corrected chi connectivity index (χ0v) is 20.0. The summed E-state index contributed by atoms with van der Waals surface area (Å²) >= 11 is 0. The molecule has 3 N–H and O–H groups in total. The molecule has 7 nitrogen and oxygen atoms in total. The van der Waals surface area contributed by atoms with Crippen molar-refractivity contribution in [3.63, 3.8) is 0 Å². The third kappa shape index (κ3) is 8.78. The average molecular weight is 471 g/mol. The van der Waals surface area contributed by atoms with Gasteiger partial charge >= 0.3 is 5.97 Å². The second-order valence-electron chi connectivity index (χ2n) is 8.99. The molecule has 0 bridgehead atoms. The number of carbonyl (C=O) groups excluding carboxylic acids is 3. The second-order valence-corrected chi connectivity index (χ2v) is 8.99. The number of amides is 2. The van der Waals surface area contributed by atoms with E-state index in [0.717, 1.165) is 31.2 Å². The first-order valence-electron chi connectivity index (χ1n) is 12.0. The summed E-state index contributed by atoms with van der Waals surface area (Å²) in [5, 5.41) is 15.4. The molecule has 0 heterocycles. The van der Waals surface area contributed by atoms with E-state index in [1.54, 1.807) is 12.2 Å². The summed E-state index contributed by atoms with van der Waals surface area (Å²) in [6.45, 7) is 7.52. The Morgan fingerprint density at radius 3 is 2.32 bits per heavy atom. The Morgan fingerprint density at radius 1 is 1.06 bits per heavy atom. The molecule has 7 heteroatoms. The summed E-state index contributed by atoms with van der Waals surface area (Å²) in [7, 11) is 0. The molecular formula is C27H38N2O5. The fourth-order valence-electron chi connectivity index (χ4n) is 4.38. The zero-order chi connectivity index (χ0) is 24.8. The molecule has 1 fully saturated rings. The van der Waals surface area contributed by atoms with Crippen LogP contribution in [0.25, 0.3) is 0 Å². The lowest BCUT2D eigenvalue weighted by molar-refractivity contribution is -0.148. The van der Waals surface area contributed by atoms with Gasteiger partial charge in [0.05, 0.1) is 30.5 Å². The van der Waals surface area contributed by atoms with Crippen LogP contribution in [0.1, 0.15) is 50.5 Å². The maximum Gasteiger partial charge on any atom is 0.309 e. The highest BCUT2D eigenvalue weighted by molar-refractivity contribution is 5.86. The first kappa shape index (κ1) is 27.3. The largest absolute Gasteiger partial charge is 0.464 e. The number of nitrogens with one attached hydrogen (secondary N) is 2. The molecule has 186 valence electrons. The lowest BCUT2D eigenvalue weighted by Crippen LogP contribution is -2.50. The Bertz CT molecular complexity index is 818. The van der Waals surface area contributed by atoms with E-state index in [1.807, 2.05) is 30.3 Å². The molecule has 1 aromatic rings. The predicted octanol–water partition coefficient (Wildman–Crippen LogP) is 3.08. The van der Waals surface area contributed by atoms with Gasteiger partial charge in [-0.1, -0.05) is 55.3 Å². The Hall–Kier alpha value is -2.93. The lowest BCUT2D eigenvalue weighted by atomic mass is 9.95. The molecule has 0 aromatic heterocycles. The van der Waals surface area contributed by atoms with Crippen LogP contribution in [0.15, 0.2) is 55.6 Å². The minimum absolute atomic E-state index is 0.0118. The van der Waals surface area contributed by atoms with E-state index in [4.69, 9.17) is 4.74 Å². The Labute approximate surface area is 202 Å². The third-order valence-electron chi connectivity index (χ3n) is 6.28. The molecule has 0 spiro atoms. The van der Waals surface area contributed by atoms with E-state index < -0.39 is 11.5 Å². The van der Waals surface area contributed by atoms with Gasteiger partial charge in [-0.3, -0.25) is 14.4 Å². The number of rotatable bonds is 15. The maximum absolute atomic E-state index is 12.6. The summed E-state index contributed by atoms with van der Waals surface area (Å²) in [6, 6.07) is 9.72. The first-order chi connectivity index (χ1) is 16.4. The number of aliphatic hydroxyl groups is 1.